The number of aryl methyl sites for hydroxylation is 1. The average Bonchev–Trinajstić information content (AvgIpc) is 3.09. The molecule has 0 fully saturated rings. The summed E-state index contributed by atoms with van der Waals surface area (Å²) in [6, 6.07) is 8.36. The SMILES string of the molecule is CCOC(=O)c1ccccc1NC(=O)Cn1c(=S)[nH]c2sc(CC)cc2c1=O. The number of thiophene rings is 1. The number of hydrogen-bond acceptors (Lipinski definition) is 6. The molecule has 1 aromatic carbocycles. The quantitative estimate of drug-likeness (QED) is 0.473. The fourth-order valence-electron chi connectivity index (χ4n) is 2.73. The van der Waals surface area contributed by atoms with Crippen molar-refractivity contribution in [3.63, 3.8) is 0 Å². The van der Waals surface area contributed by atoms with E-state index in [-0.39, 0.29) is 29.0 Å². The molecule has 0 saturated carbocycles. The minimum absolute atomic E-state index is 0.177. The third-order valence-corrected chi connectivity index (χ3v) is 5.59. The Hall–Kier alpha value is -2.78. The third-order valence-electron chi connectivity index (χ3n) is 4.07. The molecule has 28 heavy (non-hydrogen) atoms. The summed E-state index contributed by atoms with van der Waals surface area (Å²) >= 11 is 6.74. The lowest BCUT2D eigenvalue weighted by atomic mass is 10.2. The van der Waals surface area contributed by atoms with Crippen molar-refractivity contribution in [3.8, 4) is 0 Å². The summed E-state index contributed by atoms with van der Waals surface area (Å²) in [4.78, 5) is 42.1. The Bertz CT molecular complexity index is 1160. The Labute approximate surface area is 170 Å². The lowest BCUT2D eigenvalue weighted by Gasteiger charge is -2.11. The molecular formula is C19H19N3O4S2. The zero-order valence-electron chi connectivity index (χ0n) is 15.4. The first-order valence-corrected chi connectivity index (χ1v) is 9.98. The van der Waals surface area contributed by atoms with Crippen LogP contribution in [0.3, 0.4) is 0 Å². The van der Waals surface area contributed by atoms with Gasteiger partial charge in [-0.1, -0.05) is 19.1 Å². The zero-order valence-corrected chi connectivity index (χ0v) is 17.0. The van der Waals surface area contributed by atoms with E-state index in [0.29, 0.717) is 15.9 Å². The van der Waals surface area contributed by atoms with E-state index in [1.807, 2.05) is 13.0 Å². The normalized spacial score (nSPS) is 10.8. The third kappa shape index (κ3) is 4.05. The highest BCUT2D eigenvalue weighted by molar-refractivity contribution is 7.71. The topological polar surface area (TPSA) is 93.2 Å². The van der Waals surface area contributed by atoms with Crippen LogP contribution >= 0.6 is 23.6 Å². The van der Waals surface area contributed by atoms with Crippen LogP contribution < -0.4 is 10.9 Å². The maximum atomic E-state index is 12.8. The molecule has 0 aliphatic rings. The summed E-state index contributed by atoms with van der Waals surface area (Å²) in [7, 11) is 0. The molecule has 0 bridgehead atoms. The van der Waals surface area contributed by atoms with E-state index in [4.69, 9.17) is 17.0 Å². The molecule has 0 radical (unpaired) electrons. The van der Waals surface area contributed by atoms with Gasteiger partial charge in [0.1, 0.15) is 11.4 Å². The van der Waals surface area contributed by atoms with Gasteiger partial charge in [0.25, 0.3) is 5.56 Å². The van der Waals surface area contributed by atoms with Gasteiger partial charge in [-0.2, -0.15) is 0 Å². The molecule has 1 amide bonds. The second-order valence-electron chi connectivity index (χ2n) is 5.94. The van der Waals surface area contributed by atoms with Crippen molar-refractivity contribution in [2.75, 3.05) is 11.9 Å². The average molecular weight is 418 g/mol. The lowest BCUT2D eigenvalue weighted by Crippen LogP contribution is -2.29. The van der Waals surface area contributed by atoms with E-state index in [2.05, 4.69) is 10.3 Å². The van der Waals surface area contributed by atoms with E-state index in [9.17, 15) is 14.4 Å². The largest absolute Gasteiger partial charge is 0.462 e. The number of aromatic amines is 1. The number of esters is 1. The van der Waals surface area contributed by atoms with Gasteiger partial charge >= 0.3 is 5.97 Å². The van der Waals surface area contributed by atoms with Crippen LogP contribution in [0.2, 0.25) is 0 Å². The molecule has 0 spiro atoms. The van der Waals surface area contributed by atoms with Gasteiger partial charge in [0.2, 0.25) is 5.91 Å². The molecule has 2 N–H and O–H groups in total. The fourth-order valence-corrected chi connectivity index (χ4v) is 4.03. The van der Waals surface area contributed by atoms with E-state index in [1.165, 1.54) is 15.9 Å². The Balaban J connectivity index is 1.88. The molecule has 0 atom stereocenters. The van der Waals surface area contributed by atoms with Crippen molar-refractivity contribution in [1.82, 2.24) is 9.55 Å². The summed E-state index contributed by atoms with van der Waals surface area (Å²) in [6.45, 7) is 3.68. The highest BCUT2D eigenvalue weighted by Gasteiger charge is 2.16. The fraction of sp³-hybridized carbons (Fsp3) is 0.263. The second kappa shape index (κ2) is 8.49. The zero-order chi connectivity index (χ0) is 20.3. The van der Waals surface area contributed by atoms with Crippen molar-refractivity contribution in [1.29, 1.82) is 0 Å². The molecular weight excluding hydrogens is 398 g/mol. The molecule has 0 aliphatic heterocycles. The van der Waals surface area contributed by atoms with Gasteiger partial charge in [0, 0.05) is 4.88 Å². The van der Waals surface area contributed by atoms with Gasteiger partial charge in [-0.3, -0.25) is 14.2 Å². The maximum absolute atomic E-state index is 12.8. The highest BCUT2D eigenvalue weighted by Crippen LogP contribution is 2.21. The number of fused-ring (bicyclic) bond motifs is 1. The summed E-state index contributed by atoms with van der Waals surface area (Å²) < 4.78 is 6.39. The van der Waals surface area contributed by atoms with Gasteiger partial charge in [-0.15, -0.1) is 11.3 Å². The number of amides is 1. The number of carbonyl (C=O) groups excluding carboxylic acids is 2. The number of anilines is 1. The molecule has 3 rings (SSSR count). The smallest absolute Gasteiger partial charge is 0.340 e. The van der Waals surface area contributed by atoms with Crippen LogP contribution in [0, 0.1) is 4.77 Å². The number of nitrogens with zero attached hydrogens (tertiary/aromatic N) is 1. The van der Waals surface area contributed by atoms with E-state index >= 15 is 0 Å². The first kappa shape index (κ1) is 20.0. The molecule has 0 aliphatic carbocycles. The number of H-pyrrole nitrogens is 1. The first-order chi connectivity index (χ1) is 13.4. The molecule has 2 heterocycles. The van der Waals surface area contributed by atoms with Gasteiger partial charge in [-0.05, 0) is 43.8 Å². The van der Waals surface area contributed by atoms with Gasteiger partial charge in [-0.25, -0.2) is 4.79 Å². The predicted molar refractivity (Wildman–Crippen MR) is 112 cm³/mol. The number of hydrogen-bond donors (Lipinski definition) is 2. The number of ether oxygens (including phenoxy) is 1. The number of aromatic nitrogens is 2. The summed E-state index contributed by atoms with van der Waals surface area (Å²) in [6.07, 6.45) is 0.810. The number of nitrogens with one attached hydrogen (secondary N) is 2. The van der Waals surface area contributed by atoms with E-state index < -0.39 is 11.9 Å². The van der Waals surface area contributed by atoms with Crippen LogP contribution in [0.1, 0.15) is 29.1 Å². The molecule has 146 valence electrons. The van der Waals surface area contributed by atoms with Crippen molar-refractivity contribution < 1.29 is 14.3 Å². The van der Waals surface area contributed by atoms with Crippen molar-refractivity contribution >= 4 is 51.3 Å². The molecule has 0 saturated heterocycles. The summed E-state index contributed by atoms with van der Waals surface area (Å²) in [5.41, 5.74) is 0.249. The summed E-state index contributed by atoms with van der Waals surface area (Å²) in [5.74, 6) is -0.997. The van der Waals surface area contributed by atoms with Crippen LogP contribution in [-0.2, 0) is 22.5 Å². The van der Waals surface area contributed by atoms with Crippen molar-refractivity contribution in [2.45, 2.75) is 26.8 Å². The van der Waals surface area contributed by atoms with Crippen LogP contribution in [0.25, 0.3) is 10.2 Å². The molecule has 7 nitrogen and oxygen atoms in total. The Morgan fingerprint density at radius 2 is 2.04 bits per heavy atom. The second-order valence-corrected chi connectivity index (χ2v) is 7.47. The van der Waals surface area contributed by atoms with Crippen molar-refractivity contribution in [3.05, 3.63) is 55.9 Å². The number of rotatable bonds is 6. The standard InChI is InChI=1S/C19H19N3O4S2/c1-3-11-9-13-16(28-11)21-19(27)22(17(13)24)10-15(23)20-14-8-6-5-7-12(14)18(25)26-4-2/h5-9H,3-4,10H2,1-2H3,(H,20,23)(H,21,27). The molecule has 9 heteroatoms. The Morgan fingerprint density at radius 3 is 2.75 bits per heavy atom. The lowest BCUT2D eigenvalue weighted by molar-refractivity contribution is -0.116. The predicted octanol–water partition coefficient (Wildman–Crippen LogP) is 3.50. The minimum atomic E-state index is -0.528. The number of para-hydroxylation sites is 1. The van der Waals surface area contributed by atoms with Crippen LogP contribution in [0.5, 0.6) is 0 Å². The number of carbonyl (C=O) groups is 2. The van der Waals surface area contributed by atoms with Crippen LogP contribution in [0.15, 0.2) is 35.1 Å². The Kier molecular flexibility index (Phi) is 6.05. The van der Waals surface area contributed by atoms with Gasteiger partial charge < -0.3 is 15.0 Å². The van der Waals surface area contributed by atoms with Gasteiger partial charge in [0.15, 0.2) is 4.77 Å². The molecule has 2 aromatic heterocycles. The number of benzene rings is 1. The van der Waals surface area contributed by atoms with E-state index in [1.54, 1.807) is 31.2 Å². The Morgan fingerprint density at radius 1 is 1.29 bits per heavy atom. The van der Waals surface area contributed by atoms with Gasteiger partial charge in [0.05, 0.1) is 23.2 Å². The highest BCUT2D eigenvalue weighted by atomic mass is 32.1. The summed E-state index contributed by atoms with van der Waals surface area (Å²) in [5, 5.41) is 3.17. The first-order valence-electron chi connectivity index (χ1n) is 8.76. The van der Waals surface area contributed by atoms with Crippen LogP contribution in [0.4, 0.5) is 5.69 Å². The van der Waals surface area contributed by atoms with E-state index in [0.717, 1.165) is 11.3 Å². The maximum Gasteiger partial charge on any atom is 0.340 e. The minimum Gasteiger partial charge on any atom is -0.462 e. The molecule has 3 aromatic rings. The monoisotopic (exact) mass is 417 g/mol. The van der Waals surface area contributed by atoms with Crippen molar-refractivity contribution in [2.24, 2.45) is 0 Å². The van der Waals surface area contributed by atoms with Crippen LogP contribution in [-0.4, -0.2) is 28.0 Å². The molecule has 0 unspecified atom stereocenters.